The first-order valence-corrected chi connectivity index (χ1v) is 12.3. The Morgan fingerprint density at radius 1 is 1.09 bits per heavy atom. The van der Waals surface area contributed by atoms with Crippen LogP contribution in [0.2, 0.25) is 5.02 Å². The maximum absolute atomic E-state index is 13.9. The number of likely N-dealkylation sites (tertiary alicyclic amines) is 1. The van der Waals surface area contributed by atoms with Crippen LogP contribution in [0.3, 0.4) is 0 Å². The number of amides is 3. The summed E-state index contributed by atoms with van der Waals surface area (Å²) < 4.78 is 0. The summed E-state index contributed by atoms with van der Waals surface area (Å²) in [5.41, 5.74) is 1.69. The Morgan fingerprint density at radius 3 is 2.54 bits per heavy atom. The number of carbonyl (C=O) groups is 3. The van der Waals surface area contributed by atoms with E-state index in [-0.39, 0.29) is 36.6 Å². The van der Waals surface area contributed by atoms with Crippen LogP contribution in [0.1, 0.15) is 49.7 Å². The van der Waals surface area contributed by atoms with Crippen LogP contribution in [-0.4, -0.2) is 50.6 Å². The summed E-state index contributed by atoms with van der Waals surface area (Å²) in [6.45, 7) is 0.346. The summed E-state index contributed by atoms with van der Waals surface area (Å²) >= 11 is 6.54. The van der Waals surface area contributed by atoms with Gasteiger partial charge in [0, 0.05) is 49.9 Å². The molecule has 0 N–H and O–H groups in total. The summed E-state index contributed by atoms with van der Waals surface area (Å²) in [6.07, 6.45) is 6.74. The highest BCUT2D eigenvalue weighted by Crippen LogP contribution is 2.45. The van der Waals surface area contributed by atoms with E-state index in [1.807, 2.05) is 18.2 Å². The molecule has 2 heterocycles. The van der Waals surface area contributed by atoms with Gasteiger partial charge in [-0.2, -0.15) is 0 Å². The first-order valence-electron chi connectivity index (χ1n) is 11.9. The number of hydrogen-bond donors (Lipinski definition) is 0. The molecule has 0 spiro atoms. The molecule has 1 saturated carbocycles. The number of imide groups is 1. The van der Waals surface area contributed by atoms with Gasteiger partial charge in [-0.05, 0) is 42.2 Å². The molecule has 3 aromatic rings. The number of rotatable bonds is 6. The van der Waals surface area contributed by atoms with Crippen molar-refractivity contribution in [1.29, 1.82) is 0 Å². The molecule has 1 saturated heterocycles. The van der Waals surface area contributed by atoms with Gasteiger partial charge < -0.3 is 4.90 Å². The van der Waals surface area contributed by atoms with Crippen LogP contribution < -0.4 is 0 Å². The Bertz CT molecular complexity index is 1310. The maximum atomic E-state index is 13.9. The van der Waals surface area contributed by atoms with Crippen molar-refractivity contribution in [2.75, 3.05) is 7.05 Å². The average molecular weight is 491 g/mol. The van der Waals surface area contributed by atoms with Gasteiger partial charge in [-0.3, -0.25) is 29.3 Å². The van der Waals surface area contributed by atoms with Crippen molar-refractivity contribution < 1.29 is 14.4 Å². The fourth-order valence-electron chi connectivity index (χ4n) is 5.45. The van der Waals surface area contributed by atoms with E-state index in [1.165, 1.54) is 4.90 Å². The molecular weight excluding hydrogens is 464 g/mol. The number of benzene rings is 2. The van der Waals surface area contributed by atoms with Crippen LogP contribution in [0.5, 0.6) is 0 Å². The van der Waals surface area contributed by atoms with Crippen LogP contribution in [0, 0.1) is 0 Å². The van der Waals surface area contributed by atoms with Crippen molar-refractivity contribution in [1.82, 2.24) is 19.8 Å². The molecule has 2 aliphatic rings. The van der Waals surface area contributed by atoms with Crippen LogP contribution >= 0.6 is 11.6 Å². The van der Waals surface area contributed by atoms with Gasteiger partial charge in [-0.1, -0.05) is 48.7 Å². The molecule has 2 aromatic carbocycles. The first kappa shape index (κ1) is 23.4. The lowest BCUT2D eigenvalue weighted by atomic mass is 9.75. The number of fused-ring (bicyclic) bond motifs is 1. The van der Waals surface area contributed by atoms with Crippen molar-refractivity contribution in [3.63, 3.8) is 0 Å². The predicted octanol–water partition coefficient (Wildman–Crippen LogP) is 4.27. The minimum absolute atomic E-state index is 0.0444. The van der Waals surface area contributed by atoms with E-state index in [2.05, 4.69) is 9.97 Å². The molecule has 35 heavy (non-hydrogen) atoms. The summed E-state index contributed by atoms with van der Waals surface area (Å²) in [5.74, 6) is -0.741. The SMILES string of the molecule is CN(Cc1ccc2nccnc2c1)C(=O)CC1(c2ccccc2Cl)CC(=O)N(C2CCCC2)C1=O. The van der Waals surface area contributed by atoms with E-state index in [1.54, 1.807) is 48.6 Å². The lowest BCUT2D eigenvalue weighted by Gasteiger charge is -2.31. The van der Waals surface area contributed by atoms with Gasteiger partial charge in [-0.15, -0.1) is 0 Å². The Hall–Kier alpha value is -3.32. The minimum Gasteiger partial charge on any atom is -0.341 e. The topological polar surface area (TPSA) is 83.5 Å². The third-order valence-corrected chi connectivity index (χ3v) is 7.59. The quantitative estimate of drug-likeness (QED) is 0.482. The highest BCUT2D eigenvalue weighted by atomic mass is 35.5. The standard InChI is InChI=1S/C27H27ClN4O3/c1-31(17-18-10-11-22-23(14-18)30-13-12-29-22)24(33)15-27(20-8-4-5-9-21(20)28)16-25(34)32(26(27)35)19-6-2-3-7-19/h4-5,8-14,19H,2-3,6-7,15-17H2,1H3. The number of aromatic nitrogens is 2. The zero-order valence-electron chi connectivity index (χ0n) is 19.6. The lowest BCUT2D eigenvalue weighted by molar-refractivity contribution is -0.144. The average Bonchev–Trinajstić information content (AvgIpc) is 3.45. The molecule has 0 bridgehead atoms. The van der Waals surface area contributed by atoms with Gasteiger partial charge in [-0.25, -0.2) is 0 Å². The molecule has 1 unspecified atom stereocenters. The first-order chi connectivity index (χ1) is 16.9. The minimum atomic E-state index is -1.29. The zero-order valence-corrected chi connectivity index (χ0v) is 20.4. The molecule has 2 fully saturated rings. The Kier molecular flexibility index (Phi) is 6.28. The normalized spacial score (nSPS) is 20.7. The summed E-state index contributed by atoms with van der Waals surface area (Å²) in [5, 5.41) is 0.394. The Labute approximate surface area is 209 Å². The van der Waals surface area contributed by atoms with Crippen LogP contribution in [0.15, 0.2) is 54.9 Å². The van der Waals surface area contributed by atoms with E-state index in [0.717, 1.165) is 42.3 Å². The zero-order chi connectivity index (χ0) is 24.6. The molecule has 1 atom stereocenters. The van der Waals surface area contributed by atoms with Gasteiger partial charge in [0.05, 0.1) is 16.4 Å². The fourth-order valence-corrected chi connectivity index (χ4v) is 5.77. The van der Waals surface area contributed by atoms with Crippen molar-refractivity contribution in [2.45, 2.75) is 56.5 Å². The van der Waals surface area contributed by atoms with E-state index >= 15 is 0 Å². The van der Waals surface area contributed by atoms with Crippen molar-refractivity contribution >= 4 is 40.4 Å². The summed E-state index contributed by atoms with van der Waals surface area (Å²) in [7, 11) is 1.71. The predicted molar refractivity (Wildman–Crippen MR) is 132 cm³/mol. The molecule has 1 aromatic heterocycles. The van der Waals surface area contributed by atoms with Gasteiger partial charge in [0.1, 0.15) is 0 Å². The third-order valence-electron chi connectivity index (χ3n) is 7.26. The molecule has 3 amide bonds. The summed E-state index contributed by atoms with van der Waals surface area (Å²) in [6, 6.07) is 12.7. The second-order valence-corrected chi connectivity index (χ2v) is 9.96. The third kappa shape index (κ3) is 4.29. The maximum Gasteiger partial charge on any atom is 0.241 e. The molecular formula is C27H27ClN4O3. The molecule has 1 aliphatic heterocycles. The molecule has 8 heteroatoms. The van der Waals surface area contributed by atoms with Crippen molar-refractivity contribution in [3.05, 3.63) is 71.0 Å². The van der Waals surface area contributed by atoms with E-state index < -0.39 is 5.41 Å². The van der Waals surface area contributed by atoms with Gasteiger partial charge >= 0.3 is 0 Å². The van der Waals surface area contributed by atoms with E-state index in [0.29, 0.717) is 17.1 Å². The van der Waals surface area contributed by atoms with Crippen molar-refractivity contribution in [3.8, 4) is 0 Å². The number of carbonyl (C=O) groups excluding carboxylic acids is 3. The molecule has 7 nitrogen and oxygen atoms in total. The Balaban J connectivity index is 1.43. The molecule has 1 aliphatic carbocycles. The van der Waals surface area contributed by atoms with E-state index in [4.69, 9.17) is 11.6 Å². The van der Waals surface area contributed by atoms with E-state index in [9.17, 15) is 14.4 Å². The second-order valence-electron chi connectivity index (χ2n) is 9.55. The number of halogens is 1. The molecule has 0 radical (unpaired) electrons. The summed E-state index contributed by atoms with van der Waals surface area (Å²) in [4.78, 5) is 52.2. The van der Waals surface area contributed by atoms with Crippen molar-refractivity contribution in [2.24, 2.45) is 0 Å². The second kappa shape index (κ2) is 9.38. The van der Waals surface area contributed by atoms with Gasteiger partial charge in [0.15, 0.2) is 0 Å². The smallest absolute Gasteiger partial charge is 0.241 e. The van der Waals surface area contributed by atoms with Crippen LogP contribution in [0.4, 0.5) is 0 Å². The Morgan fingerprint density at radius 2 is 1.80 bits per heavy atom. The van der Waals surface area contributed by atoms with Gasteiger partial charge in [0.25, 0.3) is 0 Å². The number of nitrogens with zero attached hydrogens (tertiary/aromatic N) is 4. The molecule has 180 valence electrons. The lowest BCUT2D eigenvalue weighted by Crippen LogP contribution is -2.45. The number of hydrogen-bond acceptors (Lipinski definition) is 5. The van der Waals surface area contributed by atoms with Crippen LogP contribution in [0.25, 0.3) is 11.0 Å². The van der Waals surface area contributed by atoms with Gasteiger partial charge in [0.2, 0.25) is 17.7 Å². The molecule has 5 rings (SSSR count). The largest absolute Gasteiger partial charge is 0.341 e. The fraction of sp³-hybridized carbons (Fsp3) is 0.370. The highest BCUT2D eigenvalue weighted by Gasteiger charge is 2.56. The highest BCUT2D eigenvalue weighted by molar-refractivity contribution is 6.32. The monoisotopic (exact) mass is 490 g/mol. The van der Waals surface area contributed by atoms with Crippen LogP contribution in [-0.2, 0) is 26.3 Å².